The molecule has 0 N–H and O–H groups in total. The highest BCUT2D eigenvalue weighted by Gasteiger charge is 2.22. The van der Waals surface area contributed by atoms with Gasteiger partial charge in [0.2, 0.25) is 5.88 Å². The highest BCUT2D eigenvalue weighted by molar-refractivity contribution is 5.70. The van der Waals surface area contributed by atoms with Crippen molar-refractivity contribution in [2.24, 2.45) is 0 Å². The van der Waals surface area contributed by atoms with E-state index in [4.69, 9.17) is 14.2 Å². The molecule has 0 saturated carbocycles. The molecule has 0 aliphatic carbocycles. The fourth-order valence-electron chi connectivity index (χ4n) is 3.69. The van der Waals surface area contributed by atoms with Crippen LogP contribution in [0.2, 0.25) is 0 Å². The van der Waals surface area contributed by atoms with Gasteiger partial charge in [-0.3, -0.25) is 4.57 Å². The van der Waals surface area contributed by atoms with E-state index in [0.29, 0.717) is 23.8 Å². The molecule has 144 valence electrons. The lowest BCUT2D eigenvalue weighted by molar-refractivity contribution is 0.354. The van der Waals surface area contributed by atoms with Gasteiger partial charge in [-0.05, 0) is 61.2 Å². The summed E-state index contributed by atoms with van der Waals surface area (Å²) in [6.45, 7) is 4.57. The van der Waals surface area contributed by atoms with Gasteiger partial charge in [0, 0.05) is 18.2 Å². The second-order valence-electron chi connectivity index (χ2n) is 6.95. The lowest BCUT2D eigenvalue weighted by atomic mass is 9.97. The number of fused-ring (bicyclic) bond motifs is 3. The Labute approximate surface area is 163 Å². The van der Waals surface area contributed by atoms with E-state index in [-0.39, 0.29) is 11.6 Å². The predicted molar refractivity (Wildman–Crippen MR) is 107 cm³/mol. The zero-order valence-corrected chi connectivity index (χ0v) is 16.4. The van der Waals surface area contributed by atoms with Crippen LogP contribution < -0.4 is 19.9 Å². The van der Waals surface area contributed by atoms with Crippen molar-refractivity contribution in [1.29, 1.82) is 0 Å². The fraction of sp³-hybridized carbons (Fsp3) is 0.273. The molecule has 0 bridgehead atoms. The molecule has 6 heteroatoms. The van der Waals surface area contributed by atoms with E-state index in [2.05, 4.69) is 11.1 Å². The zero-order chi connectivity index (χ0) is 19.8. The second kappa shape index (κ2) is 7.03. The average molecular weight is 378 g/mol. The van der Waals surface area contributed by atoms with Crippen molar-refractivity contribution in [3.63, 3.8) is 0 Å². The second-order valence-corrected chi connectivity index (χ2v) is 6.95. The molecule has 0 saturated heterocycles. The van der Waals surface area contributed by atoms with Gasteiger partial charge in [0.1, 0.15) is 5.75 Å². The molecule has 1 aliphatic heterocycles. The van der Waals surface area contributed by atoms with Crippen LogP contribution in [0.3, 0.4) is 0 Å². The fourth-order valence-corrected chi connectivity index (χ4v) is 3.69. The van der Waals surface area contributed by atoms with Crippen LogP contribution in [0.5, 0.6) is 23.1 Å². The van der Waals surface area contributed by atoms with E-state index in [1.54, 1.807) is 18.8 Å². The molecule has 6 nitrogen and oxygen atoms in total. The van der Waals surface area contributed by atoms with Crippen molar-refractivity contribution in [2.75, 3.05) is 14.2 Å². The molecular formula is C22H22N2O4. The third-order valence-electron chi connectivity index (χ3n) is 4.90. The molecule has 2 aromatic carbocycles. The van der Waals surface area contributed by atoms with E-state index >= 15 is 0 Å². The van der Waals surface area contributed by atoms with Gasteiger partial charge >= 0.3 is 5.69 Å². The SMILES string of the molecule is COc1cc2c(cc1OC)-c1cc(Oc3cc(C)cc(C)c3)nc(=O)n1CC2. The van der Waals surface area contributed by atoms with Crippen LogP contribution in [0.4, 0.5) is 0 Å². The lowest BCUT2D eigenvalue weighted by Gasteiger charge is -2.23. The van der Waals surface area contributed by atoms with Crippen LogP contribution in [0.15, 0.2) is 41.2 Å². The van der Waals surface area contributed by atoms with Gasteiger partial charge in [-0.2, -0.15) is 4.98 Å². The summed E-state index contributed by atoms with van der Waals surface area (Å²) < 4.78 is 18.4. The summed E-state index contributed by atoms with van der Waals surface area (Å²) >= 11 is 0. The van der Waals surface area contributed by atoms with Crippen molar-refractivity contribution >= 4 is 0 Å². The number of nitrogens with zero attached hydrogens (tertiary/aromatic N) is 2. The predicted octanol–water partition coefficient (Wildman–Crippen LogP) is 3.89. The number of aryl methyl sites for hydroxylation is 3. The summed E-state index contributed by atoms with van der Waals surface area (Å²) in [6, 6.07) is 11.6. The normalized spacial score (nSPS) is 12.1. The highest BCUT2D eigenvalue weighted by Crippen LogP contribution is 2.38. The first-order chi connectivity index (χ1) is 13.5. The molecule has 0 fully saturated rings. The van der Waals surface area contributed by atoms with Crippen LogP contribution >= 0.6 is 0 Å². The summed E-state index contributed by atoms with van der Waals surface area (Å²) in [7, 11) is 3.21. The van der Waals surface area contributed by atoms with E-state index in [1.807, 2.05) is 44.2 Å². The van der Waals surface area contributed by atoms with Crippen LogP contribution in [0.1, 0.15) is 16.7 Å². The van der Waals surface area contributed by atoms with Gasteiger partial charge in [-0.1, -0.05) is 6.07 Å². The topological polar surface area (TPSA) is 62.6 Å². The summed E-state index contributed by atoms with van der Waals surface area (Å²) in [4.78, 5) is 16.7. The van der Waals surface area contributed by atoms with Crippen LogP contribution in [0, 0.1) is 13.8 Å². The van der Waals surface area contributed by atoms with E-state index in [1.165, 1.54) is 0 Å². The van der Waals surface area contributed by atoms with Crippen LogP contribution in [-0.4, -0.2) is 23.8 Å². The third kappa shape index (κ3) is 3.22. The van der Waals surface area contributed by atoms with Gasteiger partial charge in [0.25, 0.3) is 0 Å². The quantitative estimate of drug-likeness (QED) is 0.689. The van der Waals surface area contributed by atoms with Gasteiger partial charge < -0.3 is 14.2 Å². The van der Waals surface area contributed by atoms with Gasteiger partial charge in [0.15, 0.2) is 11.5 Å². The minimum absolute atomic E-state index is 0.281. The number of aromatic nitrogens is 2. The number of benzene rings is 2. The monoisotopic (exact) mass is 378 g/mol. The van der Waals surface area contributed by atoms with Gasteiger partial charge in [-0.15, -0.1) is 0 Å². The van der Waals surface area contributed by atoms with E-state index in [0.717, 1.165) is 34.4 Å². The molecule has 4 rings (SSSR count). The first-order valence-corrected chi connectivity index (χ1v) is 9.12. The van der Waals surface area contributed by atoms with Crippen molar-refractivity contribution in [3.05, 3.63) is 63.6 Å². The first kappa shape index (κ1) is 18.1. The lowest BCUT2D eigenvalue weighted by Crippen LogP contribution is -2.28. The van der Waals surface area contributed by atoms with Crippen molar-refractivity contribution in [1.82, 2.24) is 9.55 Å². The first-order valence-electron chi connectivity index (χ1n) is 9.12. The zero-order valence-electron chi connectivity index (χ0n) is 16.4. The Balaban J connectivity index is 1.81. The molecule has 0 amide bonds. The Morgan fingerprint density at radius 1 is 0.929 bits per heavy atom. The van der Waals surface area contributed by atoms with E-state index < -0.39 is 0 Å². The Morgan fingerprint density at radius 3 is 2.29 bits per heavy atom. The number of methoxy groups -OCH3 is 2. The number of rotatable bonds is 4. The van der Waals surface area contributed by atoms with Crippen molar-refractivity contribution in [3.8, 4) is 34.4 Å². The molecule has 1 aliphatic rings. The van der Waals surface area contributed by atoms with Crippen molar-refractivity contribution < 1.29 is 14.2 Å². The highest BCUT2D eigenvalue weighted by atomic mass is 16.5. The van der Waals surface area contributed by atoms with Gasteiger partial charge in [-0.25, -0.2) is 4.79 Å². The van der Waals surface area contributed by atoms with E-state index in [9.17, 15) is 4.79 Å². The Kier molecular flexibility index (Phi) is 4.55. The maximum atomic E-state index is 12.6. The molecule has 1 aromatic heterocycles. The molecule has 2 heterocycles. The maximum absolute atomic E-state index is 12.6. The molecular weight excluding hydrogens is 356 g/mol. The Morgan fingerprint density at radius 2 is 1.61 bits per heavy atom. The third-order valence-corrected chi connectivity index (χ3v) is 4.90. The minimum atomic E-state index is -0.322. The molecule has 28 heavy (non-hydrogen) atoms. The van der Waals surface area contributed by atoms with Gasteiger partial charge in [0.05, 0.1) is 19.9 Å². The summed E-state index contributed by atoms with van der Waals surface area (Å²) in [5.74, 6) is 2.25. The van der Waals surface area contributed by atoms with Crippen LogP contribution in [-0.2, 0) is 13.0 Å². The molecule has 0 spiro atoms. The van der Waals surface area contributed by atoms with Crippen LogP contribution in [0.25, 0.3) is 11.3 Å². The number of hydrogen-bond donors (Lipinski definition) is 0. The minimum Gasteiger partial charge on any atom is -0.493 e. The number of ether oxygens (including phenoxy) is 3. The largest absolute Gasteiger partial charge is 0.493 e. The molecule has 0 unspecified atom stereocenters. The van der Waals surface area contributed by atoms with Crippen molar-refractivity contribution in [2.45, 2.75) is 26.8 Å². The molecule has 3 aromatic rings. The molecule has 0 radical (unpaired) electrons. The maximum Gasteiger partial charge on any atom is 0.351 e. The number of hydrogen-bond acceptors (Lipinski definition) is 5. The molecule has 0 atom stereocenters. The standard InChI is InChI=1S/C22H22N2O4/c1-13-7-14(2)9-16(8-13)28-21-12-18-17-11-20(27-4)19(26-3)10-15(17)5-6-24(18)22(25)23-21/h7-12H,5-6H2,1-4H3. The summed E-state index contributed by atoms with van der Waals surface area (Å²) in [5, 5.41) is 0. The summed E-state index contributed by atoms with van der Waals surface area (Å²) in [5.41, 5.74) is 4.65. The Hall–Kier alpha value is -3.28. The Bertz CT molecular complexity index is 1100. The smallest absolute Gasteiger partial charge is 0.351 e. The summed E-state index contributed by atoms with van der Waals surface area (Å²) in [6.07, 6.45) is 0.724. The average Bonchev–Trinajstić information content (AvgIpc) is 2.65.